The maximum atomic E-state index is 13.9. The SMILES string of the molecule is CCOc1cc(C)c(-c2nc3ccccc3c(=O)n2N=Cc2cc(Br)cc([N+](=O)[O-])c2Oc2ccc([N+](=O)[O-])cn2)cc1C(C)C. The van der Waals surface area contributed by atoms with Gasteiger partial charge in [-0.1, -0.05) is 41.9 Å². The molecule has 0 bridgehead atoms. The number of nitro groups is 2. The number of hydrogen-bond acceptors (Lipinski definition) is 10. The highest BCUT2D eigenvalue weighted by Crippen LogP contribution is 2.37. The van der Waals surface area contributed by atoms with Crippen molar-refractivity contribution in [3.05, 3.63) is 119 Å². The van der Waals surface area contributed by atoms with Gasteiger partial charge in [-0.05, 0) is 61.2 Å². The maximum absolute atomic E-state index is 13.9. The summed E-state index contributed by atoms with van der Waals surface area (Å²) in [6.45, 7) is 8.36. The Labute approximate surface area is 270 Å². The van der Waals surface area contributed by atoms with Crippen molar-refractivity contribution < 1.29 is 19.3 Å². The Balaban J connectivity index is 1.72. The van der Waals surface area contributed by atoms with Gasteiger partial charge in [0.2, 0.25) is 11.6 Å². The predicted octanol–water partition coefficient (Wildman–Crippen LogP) is 7.54. The second kappa shape index (κ2) is 13.2. The summed E-state index contributed by atoms with van der Waals surface area (Å²) in [5, 5.41) is 27.9. The first-order valence-corrected chi connectivity index (χ1v) is 14.9. The van der Waals surface area contributed by atoms with E-state index in [0.29, 0.717) is 27.5 Å². The molecule has 3 aromatic carbocycles. The molecule has 0 radical (unpaired) electrons. The molecule has 0 saturated heterocycles. The molecule has 46 heavy (non-hydrogen) atoms. The van der Waals surface area contributed by atoms with Gasteiger partial charge < -0.3 is 9.47 Å². The van der Waals surface area contributed by atoms with Crippen molar-refractivity contribution in [2.45, 2.75) is 33.6 Å². The van der Waals surface area contributed by atoms with Crippen molar-refractivity contribution in [2.24, 2.45) is 5.10 Å². The van der Waals surface area contributed by atoms with Crippen LogP contribution in [-0.2, 0) is 0 Å². The van der Waals surface area contributed by atoms with E-state index in [0.717, 1.165) is 33.8 Å². The molecule has 2 aromatic heterocycles. The Morgan fingerprint density at radius 2 is 1.83 bits per heavy atom. The fourth-order valence-electron chi connectivity index (χ4n) is 4.78. The Bertz CT molecular complexity index is 2080. The molecule has 0 spiro atoms. The second-order valence-electron chi connectivity index (χ2n) is 10.4. The summed E-state index contributed by atoms with van der Waals surface area (Å²) in [5.41, 5.74) is 1.81. The van der Waals surface area contributed by atoms with Gasteiger partial charge in [-0.2, -0.15) is 9.78 Å². The number of aromatic nitrogens is 3. The van der Waals surface area contributed by atoms with Crippen molar-refractivity contribution in [3.8, 4) is 28.8 Å². The number of ether oxygens (including phenoxy) is 2. The van der Waals surface area contributed by atoms with E-state index < -0.39 is 21.1 Å². The molecule has 0 unspecified atom stereocenters. The van der Waals surface area contributed by atoms with Gasteiger partial charge in [0.05, 0.1) is 33.6 Å². The summed E-state index contributed by atoms with van der Waals surface area (Å²) in [6, 6.07) is 15.9. The number of nitro benzene ring substituents is 1. The monoisotopic (exact) mass is 686 g/mol. The van der Waals surface area contributed by atoms with Gasteiger partial charge in [-0.15, -0.1) is 0 Å². The van der Waals surface area contributed by atoms with Crippen molar-refractivity contribution in [1.29, 1.82) is 0 Å². The number of pyridine rings is 1. The van der Waals surface area contributed by atoms with Crippen LogP contribution in [0.1, 0.15) is 43.4 Å². The van der Waals surface area contributed by atoms with Crippen molar-refractivity contribution >= 4 is 44.4 Å². The first kappa shape index (κ1) is 31.9. The Morgan fingerprint density at radius 3 is 2.48 bits per heavy atom. The molecule has 0 atom stereocenters. The minimum Gasteiger partial charge on any atom is -0.494 e. The molecule has 14 heteroatoms. The largest absolute Gasteiger partial charge is 0.494 e. The fraction of sp³-hybridized carbons (Fsp3) is 0.188. The number of aryl methyl sites for hydroxylation is 1. The summed E-state index contributed by atoms with van der Waals surface area (Å²) in [6.07, 6.45) is 2.23. The van der Waals surface area contributed by atoms with E-state index in [1.165, 1.54) is 24.4 Å². The normalized spacial score (nSPS) is 11.3. The first-order valence-electron chi connectivity index (χ1n) is 14.1. The van der Waals surface area contributed by atoms with Crippen LogP contribution in [0.25, 0.3) is 22.3 Å². The lowest BCUT2D eigenvalue weighted by Gasteiger charge is -2.18. The molecule has 0 amide bonds. The zero-order valence-electron chi connectivity index (χ0n) is 25.1. The lowest BCUT2D eigenvalue weighted by molar-refractivity contribution is -0.385. The first-order chi connectivity index (χ1) is 22.0. The molecule has 0 aliphatic rings. The highest BCUT2D eigenvalue weighted by atomic mass is 79.9. The van der Waals surface area contributed by atoms with Crippen LogP contribution in [0.5, 0.6) is 17.4 Å². The highest BCUT2D eigenvalue weighted by molar-refractivity contribution is 9.10. The van der Waals surface area contributed by atoms with E-state index in [4.69, 9.17) is 14.5 Å². The number of hydrogen-bond donors (Lipinski definition) is 0. The molecular weight excluding hydrogens is 660 g/mol. The summed E-state index contributed by atoms with van der Waals surface area (Å²) in [5.74, 6) is 0.731. The molecule has 2 heterocycles. The minimum atomic E-state index is -0.644. The zero-order valence-corrected chi connectivity index (χ0v) is 26.7. The van der Waals surface area contributed by atoms with Crippen LogP contribution >= 0.6 is 15.9 Å². The quantitative estimate of drug-likeness (QED) is 0.0819. The van der Waals surface area contributed by atoms with Gasteiger partial charge in [-0.25, -0.2) is 9.97 Å². The Morgan fingerprint density at radius 1 is 1.07 bits per heavy atom. The predicted molar refractivity (Wildman–Crippen MR) is 176 cm³/mol. The van der Waals surface area contributed by atoms with E-state index in [9.17, 15) is 25.0 Å². The summed E-state index contributed by atoms with van der Waals surface area (Å²) in [4.78, 5) is 44.5. The lowest BCUT2D eigenvalue weighted by Crippen LogP contribution is -2.21. The molecule has 0 N–H and O–H groups in total. The molecule has 5 aromatic rings. The van der Waals surface area contributed by atoms with Gasteiger partial charge in [0.25, 0.3) is 11.2 Å². The van der Waals surface area contributed by atoms with Gasteiger partial charge in [0, 0.05) is 33.8 Å². The fourth-order valence-corrected chi connectivity index (χ4v) is 5.25. The van der Waals surface area contributed by atoms with Crippen LogP contribution in [0.15, 0.2) is 81.2 Å². The Kier molecular flexibility index (Phi) is 9.18. The molecule has 234 valence electrons. The van der Waals surface area contributed by atoms with Gasteiger partial charge in [0.15, 0.2) is 5.82 Å². The molecule has 0 aliphatic carbocycles. The van der Waals surface area contributed by atoms with E-state index in [1.807, 2.05) is 39.8 Å². The van der Waals surface area contributed by atoms with E-state index in [-0.39, 0.29) is 34.6 Å². The number of rotatable bonds is 10. The van der Waals surface area contributed by atoms with Crippen LogP contribution in [0, 0.1) is 27.2 Å². The van der Waals surface area contributed by atoms with E-state index >= 15 is 0 Å². The topological polar surface area (TPSA) is 165 Å². The van der Waals surface area contributed by atoms with Crippen LogP contribution < -0.4 is 15.0 Å². The third-order valence-electron chi connectivity index (χ3n) is 6.98. The number of nitrogens with zero attached hydrogens (tertiary/aromatic N) is 6. The molecule has 5 rings (SSSR count). The molecular formula is C32H27BrN6O7. The zero-order chi connectivity index (χ0) is 33.1. The molecule has 13 nitrogen and oxygen atoms in total. The molecule has 0 aliphatic heterocycles. The smallest absolute Gasteiger partial charge is 0.313 e. The summed E-state index contributed by atoms with van der Waals surface area (Å²) < 4.78 is 13.2. The lowest BCUT2D eigenvalue weighted by atomic mass is 9.96. The number of benzene rings is 3. The number of para-hydroxylation sites is 1. The number of halogens is 1. The van der Waals surface area contributed by atoms with E-state index in [2.05, 4.69) is 26.0 Å². The van der Waals surface area contributed by atoms with Crippen molar-refractivity contribution in [3.63, 3.8) is 0 Å². The van der Waals surface area contributed by atoms with Crippen LogP contribution in [0.4, 0.5) is 11.4 Å². The minimum absolute atomic E-state index is 0.0972. The molecule has 0 saturated carbocycles. The van der Waals surface area contributed by atoms with E-state index in [1.54, 1.807) is 24.3 Å². The average Bonchev–Trinajstić information content (AvgIpc) is 3.01. The van der Waals surface area contributed by atoms with Crippen LogP contribution in [-0.4, -0.2) is 37.3 Å². The third kappa shape index (κ3) is 6.47. The highest BCUT2D eigenvalue weighted by Gasteiger charge is 2.23. The number of fused-ring (bicyclic) bond motifs is 1. The second-order valence-corrected chi connectivity index (χ2v) is 11.3. The van der Waals surface area contributed by atoms with Crippen molar-refractivity contribution in [2.75, 3.05) is 6.61 Å². The summed E-state index contributed by atoms with van der Waals surface area (Å²) in [7, 11) is 0. The Hall–Kier alpha value is -5.50. The van der Waals surface area contributed by atoms with Crippen molar-refractivity contribution in [1.82, 2.24) is 14.6 Å². The molecule has 0 fully saturated rings. The van der Waals surface area contributed by atoms with Crippen LogP contribution in [0.3, 0.4) is 0 Å². The standard InChI is InChI=1S/C32H27BrN6O7/c1-5-45-28-12-19(4)25(15-24(28)18(2)3)31-36-26-9-7-6-8-23(26)32(40)37(31)35-16-20-13-21(33)14-27(39(43)44)30(20)46-29-11-10-22(17-34-29)38(41)42/h6-18H,5H2,1-4H3. The third-order valence-corrected chi connectivity index (χ3v) is 7.44. The van der Waals surface area contributed by atoms with Gasteiger partial charge in [0.1, 0.15) is 11.9 Å². The summed E-state index contributed by atoms with van der Waals surface area (Å²) >= 11 is 3.30. The average molecular weight is 688 g/mol. The van der Waals surface area contributed by atoms with Gasteiger partial charge in [-0.3, -0.25) is 25.0 Å². The van der Waals surface area contributed by atoms with Gasteiger partial charge >= 0.3 is 5.69 Å². The maximum Gasteiger partial charge on any atom is 0.313 e. The van der Waals surface area contributed by atoms with Crippen LogP contribution in [0.2, 0.25) is 0 Å².